The van der Waals surface area contributed by atoms with E-state index in [-0.39, 0.29) is 5.91 Å². The quantitative estimate of drug-likeness (QED) is 0.623. The second-order valence-electron chi connectivity index (χ2n) is 6.42. The fourth-order valence-electron chi connectivity index (χ4n) is 3.20. The predicted molar refractivity (Wildman–Crippen MR) is 113 cm³/mol. The van der Waals surface area contributed by atoms with Crippen molar-refractivity contribution in [2.75, 3.05) is 30.4 Å². The maximum absolute atomic E-state index is 12.8. The molecule has 0 saturated carbocycles. The van der Waals surface area contributed by atoms with Crippen LogP contribution < -0.4 is 10.2 Å². The summed E-state index contributed by atoms with van der Waals surface area (Å²) < 4.78 is 4.82. The number of carbonyl (C=O) groups is 2. The Morgan fingerprint density at radius 3 is 2.71 bits per heavy atom. The highest BCUT2D eigenvalue weighted by Crippen LogP contribution is 2.31. The van der Waals surface area contributed by atoms with Gasteiger partial charge in [0.25, 0.3) is 5.91 Å². The molecule has 6 nitrogen and oxygen atoms in total. The van der Waals surface area contributed by atoms with Gasteiger partial charge in [-0.15, -0.1) is 11.3 Å². The van der Waals surface area contributed by atoms with Crippen LogP contribution in [0.4, 0.5) is 11.4 Å². The number of methoxy groups -OCH3 is 1. The van der Waals surface area contributed by atoms with Gasteiger partial charge >= 0.3 is 5.97 Å². The van der Waals surface area contributed by atoms with Gasteiger partial charge in [-0.2, -0.15) is 11.3 Å². The van der Waals surface area contributed by atoms with Crippen LogP contribution in [-0.2, 0) is 4.74 Å². The number of thiophene rings is 1. The Kier molecular flexibility index (Phi) is 5.40. The SMILES string of the molecule is COC(=O)c1ccc(N2CCCC2)c(NC(=O)c2csc(-c3ccsc3)n2)c1. The second kappa shape index (κ2) is 8.12. The van der Waals surface area contributed by atoms with E-state index >= 15 is 0 Å². The molecule has 1 fully saturated rings. The van der Waals surface area contributed by atoms with E-state index in [4.69, 9.17) is 4.74 Å². The summed E-state index contributed by atoms with van der Waals surface area (Å²) in [6, 6.07) is 7.25. The molecule has 1 amide bonds. The van der Waals surface area contributed by atoms with E-state index in [2.05, 4.69) is 15.2 Å². The first-order valence-electron chi connectivity index (χ1n) is 8.92. The number of esters is 1. The van der Waals surface area contributed by atoms with Crippen molar-refractivity contribution in [3.8, 4) is 10.6 Å². The molecule has 3 heterocycles. The van der Waals surface area contributed by atoms with Gasteiger partial charge in [-0.1, -0.05) is 0 Å². The number of benzene rings is 1. The first kappa shape index (κ1) is 18.6. The maximum atomic E-state index is 12.8. The zero-order chi connectivity index (χ0) is 19.5. The topological polar surface area (TPSA) is 71.5 Å². The fraction of sp³-hybridized carbons (Fsp3) is 0.250. The first-order valence-corrected chi connectivity index (χ1v) is 10.7. The summed E-state index contributed by atoms with van der Waals surface area (Å²) >= 11 is 3.03. The molecule has 2 aromatic heterocycles. The zero-order valence-corrected chi connectivity index (χ0v) is 16.9. The van der Waals surface area contributed by atoms with E-state index in [1.165, 1.54) is 18.4 Å². The molecular weight excluding hydrogens is 394 g/mol. The molecule has 1 aliphatic heterocycles. The Bertz CT molecular complexity index is 992. The summed E-state index contributed by atoms with van der Waals surface area (Å²) in [5.74, 6) is -0.725. The van der Waals surface area contributed by atoms with Gasteiger partial charge in [-0.3, -0.25) is 4.79 Å². The van der Waals surface area contributed by atoms with Crippen LogP contribution in [0.1, 0.15) is 33.7 Å². The summed E-state index contributed by atoms with van der Waals surface area (Å²) in [6.45, 7) is 1.86. The van der Waals surface area contributed by atoms with Gasteiger partial charge < -0.3 is 15.0 Å². The number of amides is 1. The van der Waals surface area contributed by atoms with Crippen molar-refractivity contribution in [2.45, 2.75) is 12.8 Å². The van der Waals surface area contributed by atoms with Gasteiger partial charge in [0.05, 0.1) is 24.0 Å². The summed E-state index contributed by atoms with van der Waals surface area (Å²) in [5.41, 5.74) is 3.28. The van der Waals surface area contributed by atoms with E-state index in [1.54, 1.807) is 28.8 Å². The van der Waals surface area contributed by atoms with Crippen LogP contribution in [0.3, 0.4) is 0 Å². The molecule has 0 unspecified atom stereocenters. The van der Waals surface area contributed by atoms with Crippen molar-refractivity contribution in [1.82, 2.24) is 4.98 Å². The van der Waals surface area contributed by atoms with Crippen LogP contribution in [-0.4, -0.2) is 37.1 Å². The molecule has 3 aromatic rings. The standard InChI is InChI=1S/C20H19N3O3S2/c1-26-20(25)13-4-5-17(23-7-2-3-8-23)15(10-13)21-18(24)16-12-28-19(22-16)14-6-9-27-11-14/h4-6,9-12H,2-3,7-8H2,1H3,(H,21,24). The molecule has 8 heteroatoms. The van der Waals surface area contributed by atoms with Crippen LogP contribution in [0.2, 0.25) is 0 Å². The molecule has 0 spiro atoms. The Morgan fingerprint density at radius 1 is 1.18 bits per heavy atom. The molecule has 1 saturated heterocycles. The fourth-order valence-corrected chi connectivity index (χ4v) is 4.71. The number of anilines is 2. The largest absolute Gasteiger partial charge is 0.465 e. The minimum Gasteiger partial charge on any atom is -0.465 e. The third-order valence-corrected chi connectivity index (χ3v) is 6.19. The van der Waals surface area contributed by atoms with Gasteiger partial charge in [-0.25, -0.2) is 9.78 Å². The molecule has 1 aromatic carbocycles. The summed E-state index contributed by atoms with van der Waals surface area (Å²) in [5, 5.41) is 9.50. The number of thiazole rings is 1. The number of carbonyl (C=O) groups excluding carboxylic acids is 2. The first-order chi connectivity index (χ1) is 13.7. The molecule has 0 bridgehead atoms. The van der Waals surface area contributed by atoms with Gasteiger partial charge in [0.1, 0.15) is 10.7 Å². The van der Waals surface area contributed by atoms with Crippen molar-refractivity contribution in [3.63, 3.8) is 0 Å². The number of nitrogens with zero attached hydrogens (tertiary/aromatic N) is 2. The lowest BCUT2D eigenvalue weighted by molar-refractivity contribution is 0.0600. The summed E-state index contributed by atoms with van der Waals surface area (Å²) in [7, 11) is 1.34. The third-order valence-electron chi connectivity index (χ3n) is 4.62. The van der Waals surface area contributed by atoms with Crippen LogP contribution in [0.25, 0.3) is 10.6 Å². The molecule has 0 radical (unpaired) electrons. The van der Waals surface area contributed by atoms with Gasteiger partial charge in [0.15, 0.2) is 0 Å². The minimum absolute atomic E-state index is 0.291. The predicted octanol–water partition coefficient (Wildman–Crippen LogP) is 4.51. The lowest BCUT2D eigenvalue weighted by Gasteiger charge is -2.22. The molecule has 28 heavy (non-hydrogen) atoms. The maximum Gasteiger partial charge on any atom is 0.337 e. The van der Waals surface area contributed by atoms with Crippen LogP contribution in [0.5, 0.6) is 0 Å². The van der Waals surface area contributed by atoms with Gasteiger partial charge in [0, 0.05) is 29.4 Å². The zero-order valence-electron chi connectivity index (χ0n) is 15.3. The highest BCUT2D eigenvalue weighted by Gasteiger charge is 2.20. The van der Waals surface area contributed by atoms with E-state index in [0.717, 1.165) is 42.2 Å². The molecule has 4 rings (SSSR count). The van der Waals surface area contributed by atoms with E-state index in [1.807, 2.05) is 22.9 Å². The van der Waals surface area contributed by atoms with Crippen molar-refractivity contribution in [3.05, 3.63) is 51.7 Å². The molecule has 144 valence electrons. The Morgan fingerprint density at radius 2 is 2.00 bits per heavy atom. The highest BCUT2D eigenvalue weighted by molar-refractivity contribution is 7.14. The highest BCUT2D eigenvalue weighted by atomic mass is 32.1. The van der Waals surface area contributed by atoms with Crippen molar-refractivity contribution in [1.29, 1.82) is 0 Å². The van der Waals surface area contributed by atoms with Crippen molar-refractivity contribution >= 4 is 45.9 Å². The monoisotopic (exact) mass is 413 g/mol. The number of nitrogens with one attached hydrogen (secondary N) is 1. The molecule has 1 aliphatic rings. The lowest BCUT2D eigenvalue weighted by Crippen LogP contribution is -2.21. The number of rotatable bonds is 5. The number of ether oxygens (including phenoxy) is 1. The molecule has 0 atom stereocenters. The number of hydrogen-bond acceptors (Lipinski definition) is 7. The number of aromatic nitrogens is 1. The van der Waals surface area contributed by atoms with Gasteiger partial charge in [-0.05, 0) is 42.5 Å². The minimum atomic E-state index is -0.433. The Labute approximate surface area is 170 Å². The van der Waals surface area contributed by atoms with Crippen molar-refractivity contribution in [2.24, 2.45) is 0 Å². The third kappa shape index (κ3) is 3.79. The van der Waals surface area contributed by atoms with Gasteiger partial charge in [0.2, 0.25) is 0 Å². The van der Waals surface area contributed by atoms with Crippen molar-refractivity contribution < 1.29 is 14.3 Å². The summed E-state index contributed by atoms with van der Waals surface area (Å²) in [4.78, 5) is 31.4. The Hall–Kier alpha value is -2.71. The second-order valence-corrected chi connectivity index (χ2v) is 8.06. The molecule has 1 N–H and O–H groups in total. The van der Waals surface area contributed by atoms with E-state index in [0.29, 0.717) is 16.9 Å². The molecular formula is C20H19N3O3S2. The van der Waals surface area contributed by atoms with Crippen LogP contribution >= 0.6 is 22.7 Å². The average Bonchev–Trinajstić information content (AvgIpc) is 3.49. The molecule has 0 aliphatic carbocycles. The summed E-state index contributed by atoms with van der Waals surface area (Å²) in [6.07, 6.45) is 2.23. The smallest absolute Gasteiger partial charge is 0.337 e. The lowest BCUT2D eigenvalue weighted by atomic mass is 10.1. The van der Waals surface area contributed by atoms with E-state index in [9.17, 15) is 9.59 Å². The normalized spacial score (nSPS) is 13.5. The van der Waals surface area contributed by atoms with Crippen LogP contribution in [0.15, 0.2) is 40.4 Å². The Balaban J connectivity index is 1.61. The van der Waals surface area contributed by atoms with Crippen LogP contribution in [0, 0.1) is 0 Å². The average molecular weight is 414 g/mol. The van der Waals surface area contributed by atoms with E-state index < -0.39 is 5.97 Å². The number of hydrogen-bond donors (Lipinski definition) is 1.